The van der Waals surface area contributed by atoms with Crippen LogP contribution in [0.25, 0.3) is 0 Å². The number of amides is 1. The molecule has 1 aliphatic rings. The molecule has 0 spiro atoms. The second kappa shape index (κ2) is 19.4. The van der Waals surface area contributed by atoms with E-state index in [0.717, 1.165) is 76.9 Å². The van der Waals surface area contributed by atoms with E-state index in [9.17, 15) is 13.2 Å². The van der Waals surface area contributed by atoms with Crippen LogP contribution >= 0.6 is 0 Å². The molecule has 1 aliphatic heterocycles. The van der Waals surface area contributed by atoms with Crippen LogP contribution in [0.4, 0.5) is 5.82 Å². The van der Waals surface area contributed by atoms with E-state index in [0.29, 0.717) is 12.2 Å². The van der Waals surface area contributed by atoms with E-state index in [2.05, 4.69) is 27.0 Å². The Morgan fingerprint density at radius 3 is 1.97 bits per heavy atom. The molecule has 0 radical (unpaired) electrons. The van der Waals surface area contributed by atoms with E-state index in [1.807, 2.05) is 12.1 Å². The molecular formula is C29H52N4O4S. The van der Waals surface area contributed by atoms with Crippen molar-refractivity contribution in [2.24, 2.45) is 0 Å². The first kappa shape index (κ1) is 32.5. The van der Waals surface area contributed by atoms with Crippen LogP contribution in [-0.4, -0.2) is 76.3 Å². The molecule has 0 aliphatic carbocycles. The van der Waals surface area contributed by atoms with Crippen LogP contribution < -0.4 is 10.2 Å². The molecule has 38 heavy (non-hydrogen) atoms. The van der Waals surface area contributed by atoms with Crippen molar-refractivity contribution in [3.8, 4) is 0 Å². The van der Waals surface area contributed by atoms with Gasteiger partial charge in [0, 0.05) is 38.9 Å². The fourth-order valence-corrected chi connectivity index (χ4v) is 5.22. The van der Waals surface area contributed by atoms with E-state index >= 15 is 0 Å². The van der Waals surface area contributed by atoms with Gasteiger partial charge in [-0.1, -0.05) is 77.6 Å². The monoisotopic (exact) mass is 552 g/mol. The molecule has 0 bridgehead atoms. The Balaban J connectivity index is 1.41. The molecule has 0 unspecified atom stereocenters. The maximum Gasteiger partial charge on any atom is 0.264 e. The molecule has 1 N–H and O–H groups in total. The molecule has 1 aromatic rings. The second-order valence-electron chi connectivity index (χ2n) is 10.6. The second-order valence-corrected chi connectivity index (χ2v) is 12.3. The van der Waals surface area contributed by atoms with Gasteiger partial charge in [-0.2, -0.15) is 8.42 Å². The number of unbranched alkanes of at least 4 members (excludes halogenated alkanes) is 12. The largest absolute Gasteiger partial charge is 0.354 e. The highest BCUT2D eigenvalue weighted by molar-refractivity contribution is 7.85. The summed E-state index contributed by atoms with van der Waals surface area (Å²) in [5.74, 6) is 0.935. The number of hydrogen-bond donors (Lipinski definition) is 1. The predicted molar refractivity (Wildman–Crippen MR) is 156 cm³/mol. The number of nitrogens with zero attached hydrogens (tertiary/aromatic N) is 3. The number of anilines is 1. The maximum absolute atomic E-state index is 12.4. The van der Waals surface area contributed by atoms with Gasteiger partial charge in [-0.05, 0) is 37.9 Å². The van der Waals surface area contributed by atoms with Gasteiger partial charge < -0.3 is 10.2 Å². The van der Waals surface area contributed by atoms with Gasteiger partial charge in [0.1, 0.15) is 5.82 Å². The third-order valence-corrected chi connectivity index (χ3v) is 7.78. The molecular weight excluding hydrogens is 500 g/mol. The lowest BCUT2D eigenvalue weighted by Gasteiger charge is -2.35. The Kier molecular flexibility index (Phi) is 16.6. The molecule has 1 saturated heterocycles. The first-order valence-electron chi connectivity index (χ1n) is 14.9. The number of piperazine rings is 1. The highest BCUT2D eigenvalue weighted by Crippen LogP contribution is 2.15. The van der Waals surface area contributed by atoms with Crippen molar-refractivity contribution in [2.45, 2.75) is 96.8 Å². The summed E-state index contributed by atoms with van der Waals surface area (Å²) in [6.07, 6.45) is 19.3. The lowest BCUT2D eigenvalue weighted by molar-refractivity contribution is 0.0952. The van der Waals surface area contributed by atoms with E-state index in [-0.39, 0.29) is 5.91 Å². The zero-order valence-corrected chi connectivity index (χ0v) is 24.8. The van der Waals surface area contributed by atoms with Gasteiger partial charge in [0.05, 0.1) is 18.4 Å². The number of aromatic nitrogens is 1. The first-order valence-corrected chi connectivity index (χ1v) is 16.8. The Labute approximate surface area is 232 Å². The zero-order valence-electron chi connectivity index (χ0n) is 24.0. The summed E-state index contributed by atoms with van der Waals surface area (Å²) in [4.78, 5) is 21.8. The van der Waals surface area contributed by atoms with Crippen molar-refractivity contribution in [3.05, 3.63) is 23.9 Å². The third kappa shape index (κ3) is 15.0. The van der Waals surface area contributed by atoms with Crippen molar-refractivity contribution in [1.29, 1.82) is 0 Å². The van der Waals surface area contributed by atoms with E-state index in [1.54, 1.807) is 6.20 Å². The van der Waals surface area contributed by atoms with Gasteiger partial charge in [-0.25, -0.2) is 4.98 Å². The molecule has 0 saturated carbocycles. The van der Waals surface area contributed by atoms with Crippen LogP contribution in [0.15, 0.2) is 18.3 Å². The molecule has 8 nitrogen and oxygen atoms in total. The quantitative estimate of drug-likeness (QED) is 0.161. The van der Waals surface area contributed by atoms with Crippen LogP contribution in [0.2, 0.25) is 0 Å². The molecule has 1 fully saturated rings. The van der Waals surface area contributed by atoms with Gasteiger partial charge >= 0.3 is 0 Å². The fourth-order valence-electron chi connectivity index (χ4n) is 4.80. The molecule has 1 aromatic heterocycles. The average Bonchev–Trinajstić information content (AvgIpc) is 2.91. The summed E-state index contributed by atoms with van der Waals surface area (Å²) in [6.45, 7) is 8.61. The molecule has 9 heteroatoms. The Morgan fingerprint density at radius 2 is 1.45 bits per heavy atom. The average molecular weight is 553 g/mol. The number of pyridine rings is 1. The Bertz CT molecular complexity index is 856. The standard InChI is InChI=1S/C29H52N4O4S/c1-3-4-20-32-21-23-33(24-22-32)28-18-17-27(26-31-28)29(34)30-19-15-13-11-9-7-5-6-8-10-12-14-16-25-37-38(2,35)36/h17-18,26H,3-16,19-25H2,1-2H3,(H,30,34). The van der Waals surface area contributed by atoms with Gasteiger partial charge in [0.2, 0.25) is 0 Å². The molecule has 2 rings (SSSR count). The number of rotatable bonds is 21. The molecule has 218 valence electrons. The van der Waals surface area contributed by atoms with E-state index < -0.39 is 10.1 Å². The van der Waals surface area contributed by atoms with Gasteiger partial charge in [0.15, 0.2) is 0 Å². The molecule has 1 amide bonds. The summed E-state index contributed by atoms with van der Waals surface area (Å²) < 4.78 is 26.5. The minimum Gasteiger partial charge on any atom is -0.354 e. The minimum absolute atomic E-state index is 0.0312. The number of nitrogens with one attached hydrogen (secondary N) is 1. The molecule has 2 heterocycles. The lowest BCUT2D eigenvalue weighted by Crippen LogP contribution is -2.46. The van der Waals surface area contributed by atoms with Crippen molar-refractivity contribution < 1.29 is 17.4 Å². The van der Waals surface area contributed by atoms with Gasteiger partial charge in [-0.3, -0.25) is 13.9 Å². The highest BCUT2D eigenvalue weighted by Gasteiger charge is 2.17. The fraction of sp³-hybridized carbons (Fsp3) is 0.793. The zero-order chi connectivity index (χ0) is 27.5. The smallest absolute Gasteiger partial charge is 0.264 e. The molecule has 0 atom stereocenters. The Morgan fingerprint density at radius 1 is 0.868 bits per heavy atom. The molecule has 0 aromatic carbocycles. The predicted octanol–water partition coefficient (Wildman–Crippen LogP) is 5.39. The van der Waals surface area contributed by atoms with E-state index in [4.69, 9.17) is 4.18 Å². The summed E-state index contributed by atoms with van der Waals surface area (Å²) in [5.41, 5.74) is 0.637. The van der Waals surface area contributed by atoms with Crippen molar-refractivity contribution in [3.63, 3.8) is 0 Å². The van der Waals surface area contributed by atoms with Crippen LogP contribution in [0.1, 0.15) is 107 Å². The highest BCUT2D eigenvalue weighted by atomic mass is 32.2. The lowest BCUT2D eigenvalue weighted by atomic mass is 10.1. The summed E-state index contributed by atoms with van der Waals surface area (Å²) in [7, 11) is -3.29. The number of hydrogen-bond acceptors (Lipinski definition) is 7. The summed E-state index contributed by atoms with van der Waals surface area (Å²) >= 11 is 0. The van der Waals surface area contributed by atoms with Crippen molar-refractivity contribution in [1.82, 2.24) is 15.2 Å². The van der Waals surface area contributed by atoms with Crippen LogP contribution in [0, 0.1) is 0 Å². The Hall–Kier alpha value is -1.71. The van der Waals surface area contributed by atoms with E-state index in [1.165, 1.54) is 64.3 Å². The van der Waals surface area contributed by atoms with Crippen LogP contribution in [0.3, 0.4) is 0 Å². The maximum atomic E-state index is 12.4. The first-order chi connectivity index (χ1) is 18.4. The van der Waals surface area contributed by atoms with Gasteiger partial charge in [-0.15, -0.1) is 0 Å². The summed E-state index contributed by atoms with van der Waals surface area (Å²) in [6, 6.07) is 3.88. The minimum atomic E-state index is -3.29. The summed E-state index contributed by atoms with van der Waals surface area (Å²) in [5, 5.41) is 3.04. The van der Waals surface area contributed by atoms with Crippen molar-refractivity contribution >= 4 is 21.8 Å². The normalized spacial score (nSPS) is 14.6. The van der Waals surface area contributed by atoms with Crippen LogP contribution in [0.5, 0.6) is 0 Å². The van der Waals surface area contributed by atoms with Crippen molar-refractivity contribution in [2.75, 3.05) is 57.0 Å². The van der Waals surface area contributed by atoms with Crippen LogP contribution in [-0.2, 0) is 14.3 Å². The topological polar surface area (TPSA) is 91.8 Å². The number of carbonyl (C=O) groups excluding carboxylic acids is 1. The third-order valence-electron chi connectivity index (χ3n) is 7.19. The SMILES string of the molecule is CCCCN1CCN(c2ccc(C(=O)NCCCCCCCCCCCCCCOS(C)(=O)=O)cn2)CC1. The number of carbonyl (C=O) groups is 1. The van der Waals surface area contributed by atoms with Gasteiger partial charge in [0.25, 0.3) is 16.0 Å².